The van der Waals surface area contributed by atoms with Gasteiger partial charge in [0.05, 0.1) is 0 Å². The lowest BCUT2D eigenvalue weighted by Crippen LogP contribution is -2.47. The normalized spacial score (nSPS) is 25.0. The molecule has 1 fully saturated rings. The van der Waals surface area contributed by atoms with E-state index in [1.54, 1.807) is 0 Å². The zero-order valence-corrected chi connectivity index (χ0v) is 9.99. The van der Waals surface area contributed by atoms with Gasteiger partial charge in [0, 0.05) is 6.04 Å². The highest BCUT2D eigenvalue weighted by atomic mass is 16.4. The molecule has 1 aliphatic carbocycles. The maximum Gasteiger partial charge on any atom is 0.326 e. The first-order chi connectivity index (χ1) is 7.40. The van der Waals surface area contributed by atoms with Gasteiger partial charge in [-0.3, -0.25) is 0 Å². The standard InChI is InChI=1S/C11H20N2O3/c1-6(2)4-9(10(14)15)13-11(16)12-8-5-7(8)3/h6-9H,4-5H2,1-3H3,(H,14,15)(H2,12,13,16)/t7?,8?,9-/m0/s1. The minimum Gasteiger partial charge on any atom is -0.480 e. The summed E-state index contributed by atoms with van der Waals surface area (Å²) in [6, 6.07) is -0.954. The van der Waals surface area contributed by atoms with Crippen LogP contribution in [0.2, 0.25) is 0 Å². The van der Waals surface area contributed by atoms with E-state index >= 15 is 0 Å². The summed E-state index contributed by atoms with van der Waals surface area (Å²) in [5.41, 5.74) is 0. The number of carboxylic acid groups (broad SMARTS) is 1. The van der Waals surface area contributed by atoms with E-state index in [-0.39, 0.29) is 18.0 Å². The van der Waals surface area contributed by atoms with E-state index in [4.69, 9.17) is 5.11 Å². The van der Waals surface area contributed by atoms with Gasteiger partial charge in [0.25, 0.3) is 0 Å². The van der Waals surface area contributed by atoms with Crippen LogP contribution in [-0.4, -0.2) is 29.2 Å². The Labute approximate surface area is 95.6 Å². The van der Waals surface area contributed by atoms with Crippen LogP contribution in [0.4, 0.5) is 4.79 Å². The van der Waals surface area contributed by atoms with Gasteiger partial charge in [0.2, 0.25) is 0 Å². The number of rotatable bonds is 5. The third-order valence-corrected chi connectivity index (χ3v) is 2.74. The maximum atomic E-state index is 11.4. The molecule has 2 unspecified atom stereocenters. The van der Waals surface area contributed by atoms with Gasteiger partial charge in [0.1, 0.15) is 6.04 Å². The summed E-state index contributed by atoms with van der Waals surface area (Å²) in [7, 11) is 0. The highest BCUT2D eigenvalue weighted by molar-refractivity contribution is 5.82. The minimum atomic E-state index is -0.979. The largest absolute Gasteiger partial charge is 0.480 e. The number of urea groups is 1. The van der Waals surface area contributed by atoms with Crippen LogP contribution in [0.5, 0.6) is 0 Å². The topological polar surface area (TPSA) is 78.4 Å². The zero-order valence-electron chi connectivity index (χ0n) is 9.99. The van der Waals surface area contributed by atoms with Crippen LogP contribution in [0.25, 0.3) is 0 Å². The van der Waals surface area contributed by atoms with E-state index in [9.17, 15) is 9.59 Å². The van der Waals surface area contributed by atoms with Crippen molar-refractivity contribution in [3.8, 4) is 0 Å². The van der Waals surface area contributed by atoms with Crippen molar-refractivity contribution in [3.05, 3.63) is 0 Å². The molecule has 92 valence electrons. The van der Waals surface area contributed by atoms with E-state index < -0.39 is 12.0 Å². The number of hydrogen-bond donors (Lipinski definition) is 3. The third-order valence-electron chi connectivity index (χ3n) is 2.74. The fraction of sp³-hybridized carbons (Fsp3) is 0.818. The fourth-order valence-electron chi connectivity index (χ4n) is 1.58. The first-order valence-electron chi connectivity index (χ1n) is 5.70. The van der Waals surface area contributed by atoms with Crippen LogP contribution in [0.15, 0.2) is 0 Å². The molecule has 0 bridgehead atoms. The molecular weight excluding hydrogens is 208 g/mol. The van der Waals surface area contributed by atoms with Crippen molar-refractivity contribution in [1.82, 2.24) is 10.6 Å². The number of aliphatic carboxylic acids is 1. The van der Waals surface area contributed by atoms with Crippen molar-refractivity contribution < 1.29 is 14.7 Å². The smallest absolute Gasteiger partial charge is 0.326 e. The molecule has 0 aromatic heterocycles. The number of carboxylic acids is 1. The first kappa shape index (κ1) is 12.8. The minimum absolute atomic E-state index is 0.216. The predicted octanol–water partition coefficient (Wildman–Crippen LogP) is 1.19. The van der Waals surface area contributed by atoms with Crippen molar-refractivity contribution in [2.24, 2.45) is 11.8 Å². The molecular formula is C11H20N2O3. The Morgan fingerprint density at radius 2 is 2.00 bits per heavy atom. The van der Waals surface area contributed by atoms with Crippen molar-refractivity contribution in [3.63, 3.8) is 0 Å². The van der Waals surface area contributed by atoms with Crippen molar-refractivity contribution >= 4 is 12.0 Å². The Morgan fingerprint density at radius 1 is 1.44 bits per heavy atom. The highest BCUT2D eigenvalue weighted by Gasteiger charge is 2.34. The van der Waals surface area contributed by atoms with Gasteiger partial charge in [-0.15, -0.1) is 0 Å². The number of nitrogens with one attached hydrogen (secondary N) is 2. The molecule has 2 amide bonds. The number of carbonyl (C=O) groups excluding carboxylic acids is 1. The molecule has 16 heavy (non-hydrogen) atoms. The van der Waals surface area contributed by atoms with Gasteiger partial charge in [0.15, 0.2) is 0 Å². The fourth-order valence-corrected chi connectivity index (χ4v) is 1.58. The molecule has 5 heteroatoms. The number of amides is 2. The monoisotopic (exact) mass is 228 g/mol. The summed E-state index contributed by atoms with van der Waals surface area (Å²) in [6.45, 7) is 5.91. The Kier molecular flexibility index (Phi) is 4.15. The lowest BCUT2D eigenvalue weighted by atomic mass is 10.0. The second-order valence-electron chi connectivity index (χ2n) is 4.96. The van der Waals surface area contributed by atoms with E-state index in [2.05, 4.69) is 10.6 Å². The molecule has 0 saturated heterocycles. The van der Waals surface area contributed by atoms with Crippen LogP contribution < -0.4 is 10.6 Å². The van der Waals surface area contributed by atoms with Crippen LogP contribution in [0.1, 0.15) is 33.6 Å². The summed E-state index contributed by atoms with van der Waals surface area (Å²) in [4.78, 5) is 22.3. The van der Waals surface area contributed by atoms with E-state index in [1.807, 2.05) is 20.8 Å². The summed E-state index contributed by atoms with van der Waals surface area (Å²) in [6.07, 6.45) is 1.43. The third kappa shape index (κ3) is 4.08. The molecule has 3 atom stereocenters. The molecule has 1 aliphatic rings. The average Bonchev–Trinajstić information content (AvgIpc) is 2.79. The summed E-state index contributed by atoms with van der Waals surface area (Å²) < 4.78 is 0. The summed E-state index contributed by atoms with van der Waals surface area (Å²) in [5, 5.41) is 14.2. The molecule has 0 aromatic carbocycles. The van der Waals surface area contributed by atoms with Crippen molar-refractivity contribution in [2.75, 3.05) is 0 Å². The second-order valence-corrected chi connectivity index (χ2v) is 4.96. The van der Waals surface area contributed by atoms with Crippen LogP contribution >= 0.6 is 0 Å². The van der Waals surface area contributed by atoms with Gasteiger partial charge in [-0.05, 0) is 24.7 Å². The maximum absolute atomic E-state index is 11.4. The van der Waals surface area contributed by atoms with Gasteiger partial charge >= 0.3 is 12.0 Å². The van der Waals surface area contributed by atoms with E-state index in [1.165, 1.54) is 0 Å². The summed E-state index contributed by atoms with van der Waals surface area (Å²) in [5.74, 6) is -0.229. The molecule has 0 aromatic rings. The average molecular weight is 228 g/mol. The Bertz CT molecular complexity index is 278. The zero-order chi connectivity index (χ0) is 12.3. The molecule has 0 radical (unpaired) electrons. The van der Waals surface area contributed by atoms with Gasteiger partial charge in [-0.1, -0.05) is 20.8 Å². The first-order valence-corrected chi connectivity index (χ1v) is 5.70. The van der Waals surface area contributed by atoms with Gasteiger partial charge < -0.3 is 15.7 Å². The molecule has 1 saturated carbocycles. The quantitative estimate of drug-likeness (QED) is 0.661. The van der Waals surface area contributed by atoms with Crippen LogP contribution in [0.3, 0.4) is 0 Å². The SMILES string of the molecule is CC(C)C[C@H](NC(=O)NC1CC1C)C(=O)O. The van der Waals surface area contributed by atoms with Gasteiger partial charge in [-0.25, -0.2) is 9.59 Å². The Balaban J connectivity index is 2.35. The highest BCUT2D eigenvalue weighted by Crippen LogP contribution is 2.28. The molecule has 0 aliphatic heterocycles. The molecule has 1 rings (SSSR count). The van der Waals surface area contributed by atoms with E-state index in [0.717, 1.165) is 6.42 Å². The lowest BCUT2D eigenvalue weighted by molar-refractivity contribution is -0.139. The molecule has 0 spiro atoms. The molecule has 5 nitrogen and oxygen atoms in total. The van der Waals surface area contributed by atoms with Crippen molar-refractivity contribution in [1.29, 1.82) is 0 Å². The number of hydrogen-bond acceptors (Lipinski definition) is 2. The Morgan fingerprint density at radius 3 is 2.38 bits per heavy atom. The number of carbonyl (C=O) groups is 2. The second kappa shape index (κ2) is 5.18. The lowest BCUT2D eigenvalue weighted by Gasteiger charge is -2.16. The van der Waals surface area contributed by atoms with Crippen molar-refractivity contribution in [2.45, 2.75) is 45.7 Å². The Hall–Kier alpha value is -1.26. The van der Waals surface area contributed by atoms with E-state index in [0.29, 0.717) is 12.3 Å². The predicted molar refractivity (Wildman–Crippen MR) is 60.1 cm³/mol. The molecule has 0 heterocycles. The van der Waals surface area contributed by atoms with Crippen LogP contribution in [-0.2, 0) is 4.79 Å². The van der Waals surface area contributed by atoms with Crippen LogP contribution in [0, 0.1) is 11.8 Å². The van der Waals surface area contributed by atoms with Gasteiger partial charge in [-0.2, -0.15) is 0 Å². The summed E-state index contributed by atoms with van der Waals surface area (Å²) >= 11 is 0. The molecule has 3 N–H and O–H groups in total.